The van der Waals surface area contributed by atoms with Gasteiger partial charge in [0.2, 0.25) is 5.91 Å². The maximum atomic E-state index is 11.3. The Kier molecular flexibility index (Phi) is 5.35. The van der Waals surface area contributed by atoms with Crippen molar-refractivity contribution in [3.63, 3.8) is 0 Å². The van der Waals surface area contributed by atoms with Crippen LogP contribution in [0.5, 0.6) is 0 Å². The highest BCUT2D eigenvalue weighted by Gasteiger charge is 2.18. The van der Waals surface area contributed by atoms with E-state index in [1.807, 2.05) is 0 Å². The van der Waals surface area contributed by atoms with Gasteiger partial charge in [-0.05, 0) is 50.4 Å². The minimum atomic E-state index is -0.396. The van der Waals surface area contributed by atoms with Crippen molar-refractivity contribution in [1.82, 2.24) is 10.3 Å². The molecule has 0 aromatic carbocycles. The third-order valence-electron chi connectivity index (χ3n) is 3.78. The summed E-state index contributed by atoms with van der Waals surface area (Å²) in [6, 6.07) is 3.47. The molecule has 1 fully saturated rings. The Bertz CT molecular complexity index is 443. The predicted molar refractivity (Wildman–Crippen MR) is 80.9 cm³/mol. The highest BCUT2D eigenvalue weighted by molar-refractivity contribution is 5.93. The van der Waals surface area contributed by atoms with Crippen LogP contribution in [0.2, 0.25) is 0 Å². The lowest BCUT2D eigenvalue weighted by Gasteiger charge is -2.30. The van der Waals surface area contributed by atoms with Crippen molar-refractivity contribution in [2.75, 3.05) is 31.1 Å². The Morgan fingerprint density at radius 1 is 1.50 bits per heavy atom. The lowest BCUT2D eigenvalue weighted by atomic mass is 9.97. The summed E-state index contributed by atoms with van der Waals surface area (Å²) in [4.78, 5) is 18.0. The molecule has 2 heterocycles. The van der Waals surface area contributed by atoms with Crippen molar-refractivity contribution in [2.45, 2.75) is 26.2 Å². The summed E-state index contributed by atoms with van der Waals surface area (Å²) in [5, 5.41) is 3.39. The van der Waals surface area contributed by atoms with Gasteiger partial charge in [0.05, 0.1) is 0 Å². The number of nitrogens with zero attached hydrogens (tertiary/aromatic N) is 2. The number of hydrogen-bond acceptors (Lipinski definition) is 4. The Labute approximate surface area is 120 Å². The summed E-state index contributed by atoms with van der Waals surface area (Å²) in [7, 11) is 0. The van der Waals surface area contributed by atoms with Gasteiger partial charge in [-0.2, -0.15) is 0 Å². The number of anilines is 1. The van der Waals surface area contributed by atoms with Gasteiger partial charge in [0.15, 0.2) is 0 Å². The highest BCUT2D eigenvalue weighted by atomic mass is 16.1. The Morgan fingerprint density at radius 2 is 2.25 bits per heavy atom. The van der Waals surface area contributed by atoms with Gasteiger partial charge >= 0.3 is 0 Å². The third-order valence-corrected chi connectivity index (χ3v) is 3.78. The van der Waals surface area contributed by atoms with E-state index in [9.17, 15) is 4.79 Å². The molecule has 1 saturated heterocycles. The molecule has 1 aliphatic heterocycles. The second kappa shape index (κ2) is 7.24. The molecule has 0 aliphatic carbocycles. The van der Waals surface area contributed by atoms with E-state index in [4.69, 9.17) is 5.73 Å². The first-order valence-corrected chi connectivity index (χ1v) is 7.42. The van der Waals surface area contributed by atoms with Gasteiger partial charge in [0, 0.05) is 24.8 Å². The van der Waals surface area contributed by atoms with Gasteiger partial charge in [-0.1, -0.05) is 6.92 Å². The molecule has 20 heavy (non-hydrogen) atoms. The molecule has 2 rings (SSSR count). The molecule has 1 amide bonds. The average Bonchev–Trinajstić information content (AvgIpc) is 2.48. The standard InChI is InChI=1S/C15H24N4O/c1-2-9-19(11-12-3-6-17-7-4-12)14-10-13(15(16)20)5-8-18-14/h5,8,10,12,17H,2-4,6-7,9,11H2,1H3,(H2,16,20). The van der Waals surface area contributed by atoms with Crippen molar-refractivity contribution in [2.24, 2.45) is 11.7 Å². The molecule has 5 nitrogen and oxygen atoms in total. The van der Waals surface area contributed by atoms with Crippen LogP contribution in [0.3, 0.4) is 0 Å². The van der Waals surface area contributed by atoms with E-state index in [-0.39, 0.29) is 0 Å². The molecule has 0 radical (unpaired) electrons. The van der Waals surface area contributed by atoms with Crippen LogP contribution in [-0.2, 0) is 0 Å². The van der Waals surface area contributed by atoms with Crippen LogP contribution in [0.15, 0.2) is 18.3 Å². The quantitative estimate of drug-likeness (QED) is 0.824. The van der Waals surface area contributed by atoms with Crippen molar-refractivity contribution in [3.8, 4) is 0 Å². The maximum absolute atomic E-state index is 11.3. The summed E-state index contributed by atoms with van der Waals surface area (Å²) in [5.74, 6) is 1.16. The summed E-state index contributed by atoms with van der Waals surface area (Å²) in [6.07, 6.45) is 5.14. The zero-order chi connectivity index (χ0) is 14.4. The van der Waals surface area contributed by atoms with Gasteiger partial charge < -0.3 is 16.0 Å². The second-order valence-electron chi connectivity index (χ2n) is 5.41. The summed E-state index contributed by atoms with van der Waals surface area (Å²) in [6.45, 7) is 6.32. The van der Waals surface area contributed by atoms with Crippen LogP contribution < -0.4 is 16.0 Å². The lowest BCUT2D eigenvalue weighted by Crippen LogP contribution is -2.37. The van der Waals surface area contributed by atoms with Crippen LogP contribution in [0.4, 0.5) is 5.82 Å². The summed E-state index contributed by atoms with van der Waals surface area (Å²) in [5.41, 5.74) is 5.88. The highest BCUT2D eigenvalue weighted by Crippen LogP contribution is 2.19. The number of carbonyl (C=O) groups is 1. The monoisotopic (exact) mass is 276 g/mol. The molecule has 1 aromatic heterocycles. The number of nitrogens with one attached hydrogen (secondary N) is 1. The molecular weight excluding hydrogens is 252 g/mol. The number of piperidine rings is 1. The molecule has 1 aromatic rings. The fraction of sp³-hybridized carbons (Fsp3) is 0.600. The van der Waals surface area contributed by atoms with E-state index >= 15 is 0 Å². The molecule has 0 saturated carbocycles. The van der Waals surface area contributed by atoms with Crippen LogP contribution in [0, 0.1) is 5.92 Å². The Hall–Kier alpha value is -1.62. The smallest absolute Gasteiger partial charge is 0.248 e. The first-order chi connectivity index (χ1) is 9.70. The summed E-state index contributed by atoms with van der Waals surface area (Å²) < 4.78 is 0. The molecule has 5 heteroatoms. The molecule has 0 spiro atoms. The molecule has 3 N–H and O–H groups in total. The van der Waals surface area contributed by atoms with Crippen LogP contribution in [0.1, 0.15) is 36.5 Å². The number of rotatable bonds is 6. The Morgan fingerprint density at radius 3 is 2.90 bits per heavy atom. The van der Waals surface area contributed by atoms with E-state index in [2.05, 4.69) is 22.1 Å². The molecular formula is C15H24N4O. The zero-order valence-corrected chi connectivity index (χ0v) is 12.1. The number of nitrogens with two attached hydrogens (primary N) is 1. The van der Waals surface area contributed by atoms with Crippen molar-refractivity contribution in [3.05, 3.63) is 23.9 Å². The number of pyridine rings is 1. The molecule has 0 atom stereocenters. The zero-order valence-electron chi connectivity index (χ0n) is 12.1. The van der Waals surface area contributed by atoms with Crippen LogP contribution in [-0.4, -0.2) is 37.1 Å². The molecule has 110 valence electrons. The first-order valence-electron chi connectivity index (χ1n) is 7.42. The SMILES string of the molecule is CCCN(CC1CCNCC1)c1cc(C(N)=O)ccn1. The number of hydrogen-bond donors (Lipinski definition) is 2. The molecule has 1 aliphatic rings. The summed E-state index contributed by atoms with van der Waals surface area (Å²) >= 11 is 0. The minimum Gasteiger partial charge on any atom is -0.366 e. The topological polar surface area (TPSA) is 71.2 Å². The molecule has 0 bridgehead atoms. The van der Waals surface area contributed by atoms with E-state index in [0.717, 1.165) is 38.4 Å². The van der Waals surface area contributed by atoms with Crippen molar-refractivity contribution in [1.29, 1.82) is 0 Å². The van der Waals surface area contributed by atoms with Crippen LogP contribution in [0.25, 0.3) is 0 Å². The largest absolute Gasteiger partial charge is 0.366 e. The Balaban J connectivity index is 2.10. The third kappa shape index (κ3) is 3.93. The van der Waals surface area contributed by atoms with Gasteiger partial charge in [-0.25, -0.2) is 4.98 Å². The fourth-order valence-electron chi connectivity index (χ4n) is 2.69. The normalized spacial score (nSPS) is 16.1. The fourth-order valence-corrected chi connectivity index (χ4v) is 2.69. The average molecular weight is 276 g/mol. The second-order valence-corrected chi connectivity index (χ2v) is 5.41. The minimum absolute atomic E-state index is 0.396. The van der Waals surface area contributed by atoms with Gasteiger partial charge in [0.1, 0.15) is 5.82 Å². The van der Waals surface area contributed by atoms with Gasteiger partial charge in [-0.3, -0.25) is 4.79 Å². The lowest BCUT2D eigenvalue weighted by molar-refractivity contribution is 0.1000. The number of primary amides is 1. The van der Waals surface area contributed by atoms with Crippen LogP contribution >= 0.6 is 0 Å². The predicted octanol–water partition coefficient (Wildman–Crippen LogP) is 1.40. The van der Waals surface area contributed by atoms with Crippen molar-refractivity contribution < 1.29 is 4.79 Å². The van der Waals surface area contributed by atoms with Gasteiger partial charge in [-0.15, -0.1) is 0 Å². The van der Waals surface area contributed by atoms with Gasteiger partial charge in [0.25, 0.3) is 0 Å². The van der Waals surface area contributed by atoms with E-state index in [0.29, 0.717) is 11.5 Å². The number of aromatic nitrogens is 1. The number of amides is 1. The molecule has 0 unspecified atom stereocenters. The number of carbonyl (C=O) groups excluding carboxylic acids is 1. The van der Waals surface area contributed by atoms with E-state index in [1.54, 1.807) is 18.3 Å². The van der Waals surface area contributed by atoms with E-state index < -0.39 is 5.91 Å². The van der Waals surface area contributed by atoms with Crippen molar-refractivity contribution >= 4 is 11.7 Å². The maximum Gasteiger partial charge on any atom is 0.248 e. The van der Waals surface area contributed by atoms with E-state index in [1.165, 1.54) is 12.8 Å². The first kappa shape index (κ1) is 14.8.